The first-order chi connectivity index (χ1) is 5.88. The van der Waals surface area contributed by atoms with Crippen molar-refractivity contribution in [3.05, 3.63) is 20.8 Å². The highest BCUT2D eigenvalue weighted by molar-refractivity contribution is 9.10. The quantitative estimate of drug-likeness (QED) is 0.774. The predicted octanol–water partition coefficient (Wildman–Crippen LogP) is 3.50. The van der Waals surface area contributed by atoms with Crippen molar-refractivity contribution in [1.82, 2.24) is 0 Å². The van der Waals surface area contributed by atoms with Crippen LogP contribution in [0.4, 0.5) is 0 Å². The molecule has 1 aromatic heterocycles. The number of carbonyl (C=O) groups is 1. The molecule has 0 N–H and O–H groups in total. The summed E-state index contributed by atoms with van der Waals surface area (Å²) in [5.74, 6) is -0.199. The molecule has 0 aromatic carbocycles. The number of rotatable bonds is 2. The zero-order valence-corrected chi connectivity index (χ0v) is 11.2. The third-order valence-corrected chi connectivity index (χ3v) is 3.64. The zero-order valence-electron chi connectivity index (χ0n) is 7.76. The normalized spacial score (nSPS) is 11.4. The van der Waals surface area contributed by atoms with Crippen LogP contribution in [0.3, 0.4) is 0 Å². The van der Waals surface area contributed by atoms with Crippen LogP contribution in [0.1, 0.15) is 9.67 Å². The van der Waals surface area contributed by atoms with Crippen LogP contribution in [0.15, 0.2) is 15.9 Å². The second-order valence-electron chi connectivity index (χ2n) is 3.63. The molecule has 1 heterocycles. The van der Waals surface area contributed by atoms with Crippen molar-refractivity contribution < 1.29 is 9.22 Å². The molecule has 0 atom stereocenters. The SMILES string of the molecule is C[Si](C)(C)OC(=O)c1cc(Br)cs1. The van der Waals surface area contributed by atoms with Gasteiger partial charge >= 0.3 is 5.97 Å². The van der Waals surface area contributed by atoms with E-state index in [1.54, 1.807) is 6.07 Å². The monoisotopic (exact) mass is 278 g/mol. The van der Waals surface area contributed by atoms with Gasteiger partial charge in [-0.3, -0.25) is 0 Å². The molecule has 5 heteroatoms. The molecule has 0 radical (unpaired) electrons. The minimum absolute atomic E-state index is 0.199. The van der Waals surface area contributed by atoms with Crippen molar-refractivity contribution in [2.75, 3.05) is 0 Å². The fourth-order valence-electron chi connectivity index (χ4n) is 0.748. The number of halogens is 1. The molecule has 1 rings (SSSR count). The molecule has 0 saturated carbocycles. The molecule has 1 aromatic rings. The lowest BCUT2D eigenvalue weighted by molar-refractivity contribution is 0.0729. The molecular formula is C8H11BrO2SSi. The average molecular weight is 279 g/mol. The van der Waals surface area contributed by atoms with Crippen LogP contribution in [0.5, 0.6) is 0 Å². The van der Waals surface area contributed by atoms with Crippen LogP contribution >= 0.6 is 27.3 Å². The standard InChI is InChI=1S/C8H11BrO2SSi/c1-13(2,3)11-8(10)7-4-6(9)5-12-7/h4-5H,1-3H3. The summed E-state index contributed by atoms with van der Waals surface area (Å²) in [6.45, 7) is 5.98. The Hall–Kier alpha value is -0.133. The molecule has 0 saturated heterocycles. The highest BCUT2D eigenvalue weighted by atomic mass is 79.9. The van der Waals surface area contributed by atoms with Crippen molar-refractivity contribution in [3.8, 4) is 0 Å². The van der Waals surface area contributed by atoms with E-state index in [4.69, 9.17) is 4.43 Å². The third-order valence-electron chi connectivity index (χ3n) is 1.17. The van der Waals surface area contributed by atoms with Gasteiger partial charge in [-0.25, -0.2) is 4.79 Å². The van der Waals surface area contributed by atoms with Crippen LogP contribution in [0, 0.1) is 0 Å². The lowest BCUT2D eigenvalue weighted by atomic mass is 10.5. The topological polar surface area (TPSA) is 26.3 Å². The molecule has 2 nitrogen and oxygen atoms in total. The molecule has 0 bridgehead atoms. The lowest BCUT2D eigenvalue weighted by Crippen LogP contribution is -2.28. The number of thiophene rings is 1. The fraction of sp³-hybridized carbons (Fsp3) is 0.375. The second-order valence-corrected chi connectivity index (χ2v) is 9.89. The van der Waals surface area contributed by atoms with E-state index < -0.39 is 8.32 Å². The van der Waals surface area contributed by atoms with Crippen molar-refractivity contribution in [1.29, 1.82) is 0 Å². The van der Waals surface area contributed by atoms with Gasteiger partial charge in [0, 0.05) is 9.85 Å². The predicted molar refractivity (Wildman–Crippen MR) is 60.8 cm³/mol. The molecule has 0 aliphatic carbocycles. The minimum atomic E-state index is -1.75. The first-order valence-electron chi connectivity index (χ1n) is 3.86. The summed E-state index contributed by atoms with van der Waals surface area (Å²) in [5.41, 5.74) is 0. The summed E-state index contributed by atoms with van der Waals surface area (Å²) in [5, 5.41) is 1.88. The maximum atomic E-state index is 11.5. The first-order valence-corrected chi connectivity index (χ1v) is 8.94. The molecule has 0 aliphatic heterocycles. The Labute approximate surface area is 91.2 Å². The number of carbonyl (C=O) groups excluding carboxylic acids is 1. The summed E-state index contributed by atoms with van der Waals surface area (Å²) < 4.78 is 6.26. The highest BCUT2D eigenvalue weighted by Gasteiger charge is 2.21. The van der Waals surface area contributed by atoms with Gasteiger partial charge in [-0.1, -0.05) is 0 Å². The van der Waals surface area contributed by atoms with Gasteiger partial charge in [-0.15, -0.1) is 11.3 Å². The molecule has 0 spiro atoms. The Morgan fingerprint density at radius 2 is 2.15 bits per heavy atom. The van der Waals surface area contributed by atoms with Crippen LogP contribution in [-0.2, 0) is 4.43 Å². The maximum Gasteiger partial charge on any atom is 0.335 e. The van der Waals surface area contributed by atoms with Gasteiger partial charge in [0.2, 0.25) is 8.32 Å². The smallest absolute Gasteiger partial charge is 0.335 e. The summed E-state index contributed by atoms with van der Waals surface area (Å²) in [6, 6.07) is 1.78. The highest BCUT2D eigenvalue weighted by Crippen LogP contribution is 2.21. The van der Waals surface area contributed by atoms with Gasteiger partial charge in [0.05, 0.1) is 0 Å². The van der Waals surface area contributed by atoms with Gasteiger partial charge in [0.15, 0.2) is 0 Å². The van der Waals surface area contributed by atoms with Gasteiger partial charge in [0.1, 0.15) is 4.88 Å². The largest absolute Gasteiger partial charge is 0.516 e. The Kier molecular flexibility index (Phi) is 3.31. The van der Waals surface area contributed by atoms with Gasteiger partial charge in [-0.05, 0) is 41.6 Å². The Morgan fingerprint density at radius 3 is 2.54 bits per heavy atom. The fourth-order valence-corrected chi connectivity index (χ4v) is 2.79. The molecule has 0 amide bonds. The molecule has 72 valence electrons. The Bertz CT molecular complexity index is 316. The van der Waals surface area contributed by atoms with E-state index in [-0.39, 0.29) is 5.97 Å². The number of hydrogen-bond donors (Lipinski definition) is 0. The van der Waals surface area contributed by atoms with E-state index in [1.807, 2.05) is 25.0 Å². The summed E-state index contributed by atoms with van der Waals surface area (Å²) in [4.78, 5) is 12.1. The van der Waals surface area contributed by atoms with Crippen molar-refractivity contribution in [2.45, 2.75) is 19.6 Å². The van der Waals surface area contributed by atoms with E-state index >= 15 is 0 Å². The third kappa shape index (κ3) is 3.62. The molecule has 0 fully saturated rings. The second kappa shape index (κ2) is 3.94. The molecule has 13 heavy (non-hydrogen) atoms. The van der Waals surface area contributed by atoms with Crippen LogP contribution in [-0.4, -0.2) is 14.3 Å². The first kappa shape index (κ1) is 10.9. The Morgan fingerprint density at radius 1 is 1.54 bits per heavy atom. The molecule has 0 unspecified atom stereocenters. The molecule has 0 aliphatic rings. The van der Waals surface area contributed by atoms with E-state index in [1.165, 1.54) is 11.3 Å². The lowest BCUT2D eigenvalue weighted by Gasteiger charge is -2.16. The van der Waals surface area contributed by atoms with Crippen molar-refractivity contribution in [3.63, 3.8) is 0 Å². The summed E-state index contributed by atoms with van der Waals surface area (Å²) in [7, 11) is -1.75. The van der Waals surface area contributed by atoms with Crippen LogP contribution < -0.4 is 0 Å². The Balaban J connectivity index is 2.70. The minimum Gasteiger partial charge on any atom is -0.516 e. The van der Waals surface area contributed by atoms with Crippen molar-refractivity contribution in [2.24, 2.45) is 0 Å². The van der Waals surface area contributed by atoms with Gasteiger partial charge in [0.25, 0.3) is 0 Å². The van der Waals surface area contributed by atoms with Crippen molar-refractivity contribution >= 4 is 41.6 Å². The van der Waals surface area contributed by atoms with Crippen LogP contribution in [0.25, 0.3) is 0 Å². The maximum absolute atomic E-state index is 11.5. The van der Waals surface area contributed by atoms with Gasteiger partial charge in [-0.2, -0.15) is 0 Å². The average Bonchev–Trinajstić information content (AvgIpc) is 2.31. The van der Waals surface area contributed by atoms with Gasteiger partial charge < -0.3 is 4.43 Å². The van der Waals surface area contributed by atoms with E-state index in [0.717, 1.165) is 4.47 Å². The van der Waals surface area contributed by atoms with E-state index in [2.05, 4.69) is 15.9 Å². The zero-order chi connectivity index (χ0) is 10.1. The summed E-state index contributed by atoms with van der Waals surface area (Å²) in [6.07, 6.45) is 0. The van der Waals surface area contributed by atoms with Crippen LogP contribution in [0.2, 0.25) is 19.6 Å². The summed E-state index contributed by atoms with van der Waals surface area (Å²) >= 11 is 4.69. The van der Waals surface area contributed by atoms with E-state index in [9.17, 15) is 4.79 Å². The van der Waals surface area contributed by atoms with E-state index in [0.29, 0.717) is 4.88 Å². The number of hydrogen-bond acceptors (Lipinski definition) is 3. The molecular weight excluding hydrogens is 268 g/mol.